The lowest BCUT2D eigenvalue weighted by Crippen LogP contribution is -2.20. The number of aryl methyl sites for hydroxylation is 1. The van der Waals surface area contributed by atoms with Crippen LogP contribution in [0.4, 0.5) is 21.9 Å². The molecule has 21 heavy (non-hydrogen) atoms. The molecule has 0 aliphatic carbocycles. The van der Waals surface area contributed by atoms with E-state index < -0.39 is 6.03 Å². The highest BCUT2D eigenvalue weighted by molar-refractivity contribution is 6.35. The molecular weight excluding hydrogens is 333 g/mol. The van der Waals surface area contributed by atoms with Gasteiger partial charge in [0, 0.05) is 21.4 Å². The average molecular weight is 345 g/mol. The van der Waals surface area contributed by atoms with Crippen LogP contribution in [0.5, 0.6) is 0 Å². The van der Waals surface area contributed by atoms with Gasteiger partial charge in [-0.15, -0.1) is 0 Å². The van der Waals surface area contributed by atoms with Crippen LogP contribution in [0.25, 0.3) is 0 Å². The lowest BCUT2D eigenvalue weighted by molar-refractivity contribution is 0.262. The topological polar surface area (TPSA) is 67.1 Å². The molecule has 110 valence electrons. The van der Waals surface area contributed by atoms with Crippen LogP contribution in [0, 0.1) is 6.92 Å². The Bertz CT molecular complexity index is 684. The van der Waals surface area contributed by atoms with E-state index in [0.717, 1.165) is 5.56 Å². The number of nitrogens with two attached hydrogens (primary N) is 1. The van der Waals surface area contributed by atoms with E-state index in [1.807, 2.05) is 6.92 Å². The zero-order valence-electron chi connectivity index (χ0n) is 11.0. The molecule has 7 heteroatoms. The molecule has 2 rings (SSSR count). The van der Waals surface area contributed by atoms with Gasteiger partial charge in [-0.25, -0.2) is 4.79 Å². The number of nitrogens with one attached hydrogen (secondary N) is 2. The minimum atomic E-state index is -0.433. The first kappa shape index (κ1) is 15.8. The summed E-state index contributed by atoms with van der Waals surface area (Å²) in [4.78, 5) is 12.0. The van der Waals surface area contributed by atoms with Crippen LogP contribution in [0.2, 0.25) is 15.1 Å². The van der Waals surface area contributed by atoms with Gasteiger partial charge in [0.25, 0.3) is 0 Å². The lowest BCUT2D eigenvalue weighted by Gasteiger charge is -2.12. The van der Waals surface area contributed by atoms with Gasteiger partial charge in [0.15, 0.2) is 0 Å². The number of rotatable bonds is 2. The SMILES string of the molecule is Cc1cc(N)c(Cl)cc1NC(=O)Nc1cc(Cl)cc(Cl)c1. The lowest BCUT2D eigenvalue weighted by atomic mass is 10.2. The molecule has 4 nitrogen and oxygen atoms in total. The summed E-state index contributed by atoms with van der Waals surface area (Å²) in [5.41, 5.74) is 8.01. The van der Waals surface area contributed by atoms with Gasteiger partial charge in [0.2, 0.25) is 0 Å². The standard InChI is InChI=1S/C14H12Cl3N3O/c1-7-2-12(18)11(17)6-13(7)20-14(21)19-10-4-8(15)3-9(16)5-10/h2-6H,18H2,1H3,(H2,19,20,21). The third-order valence-electron chi connectivity index (χ3n) is 2.71. The third kappa shape index (κ3) is 4.17. The molecule has 0 unspecified atom stereocenters. The van der Waals surface area contributed by atoms with E-state index in [1.54, 1.807) is 30.3 Å². The van der Waals surface area contributed by atoms with Crippen LogP contribution >= 0.6 is 34.8 Å². The Morgan fingerprint density at radius 2 is 1.62 bits per heavy atom. The van der Waals surface area contributed by atoms with E-state index in [9.17, 15) is 4.79 Å². The van der Waals surface area contributed by atoms with E-state index in [0.29, 0.717) is 32.1 Å². The number of anilines is 3. The number of halogens is 3. The summed E-state index contributed by atoms with van der Waals surface area (Å²) in [5.74, 6) is 0. The summed E-state index contributed by atoms with van der Waals surface area (Å²) < 4.78 is 0. The number of carbonyl (C=O) groups is 1. The van der Waals surface area contributed by atoms with Crippen molar-refractivity contribution >= 4 is 57.9 Å². The highest BCUT2D eigenvalue weighted by atomic mass is 35.5. The summed E-state index contributed by atoms with van der Waals surface area (Å²) in [6.07, 6.45) is 0. The van der Waals surface area contributed by atoms with Gasteiger partial charge < -0.3 is 16.4 Å². The fourth-order valence-electron chi connectivity index (χ4n) is 1.75. The Morgan fingerprint density at radius 3 is 2.24 bits per heavy atom. The normalized spacial score (nSPS) is 10.3. The summed E-state index contributed by atoms with van der Waals surface area (Å²) in [7, 11) is 0. The second kappa shape index (κ2) is 6.43. The number of nitrogen functional groups attached to an aromatic ring is 1. The van der Waals surface area contributed by atoms with Crippen molar-refractivity contribution in [3.8, 4) is 0 Å². The molecule has 0 aliphatic rings. The average Bonchev–Trinajstić information content (AvgIpc) is 2.34. The Balaban J connectivity index is 2.13. The van der Waals surface area contributed by atoms with Gasteiger partial charge in [0.05, 0.1) is 10.7 Å². The quantitative estimate of drug-likeness (QED) is 0.657. The van der Waals surface area contributed by atoms with Crippen LogP contribution in [0.1, 0.15) is 5.56 Å². The van der Waals surface area contributed by atoms with E-state index in [1.165, 1.54) is 0 Å². The second-order valence-electron chi connectivity index (χ2n) is 4.43. The second-order valence-corrected chi connectivity index (χ2v) is 5.71. The van der Waals surface area contributed by atoms with Crippen molar-refractivity contribution in [2.45, 2.75) is 6.92 Å². The maximum absolute atomic E-state index is 12.0. The fourth-order valence-corrected chi connectivity index (χ4v) is 2.44. The van der Waals surface area contributed by atoms with Crippen molar-refractivity contribution < 1.29 is 4.79 Å². The molecule has 0 aromatic heterocycles. The number of carbonyl (C=O) groups excluding carboxylic acids is 1. The van der Waals surface area contributed by atoms with E-state index in [-0.39, 0.29) is 0 Å². The van der Waals surface area contributed by atoms with Crippen LogP contribution in [0.15, 0.2) is 30.3 Å². The van der Waals surface area contributed by atoms with Crippen molar-refractivity contribution in [1.82, 2.24) is 0 Å². The summed E-state index contributed by atoms with van der Waals surface area (Å²) in [5, 5.41) is 6.58. The molecule has 0 saturated heterocycles. The zero-order chi connectivity index (χ0) is 15.6. The van der Waals surface area contributed by atoms with Crippen molar-refractivity contribution in [2.24, 2.45) is 0 Å². The molecule has 0 spiro atoms. The van der Waals surface area contributed by atoms with Gasteiger partial charge in [-0.1, -0.05) is 34.8 Å². The van der Waals surface area contributed by atoms with Gasteiger partial charge >= 0.3 is 6.03 Å². The van der Waals surface area contributed by atoms with Gasteiger partial charge in [-0.3, -0.25) is 0 Å². The molecule has 0 atom stereocenters. The molecule has 0 saturated carbocycles. The van der Waals surface area contributed by atoms with E-state index >= 15 is 0 Å². The van der Waals surface area contributed by atoms with Crippen molar-refractivity contribution in [3.05, 3.63) is 51.0 Å². The highest BCUT2D eigenvalue weighted by Crippen LogP contribution is 2.27. The fraction of sp³-hybridized carbons (Fsp3) is 0.0714. The molecule has 0 bridgehead atoms. The van der Waals surface area contributed by atoms with Crippen molar-refractivity contribution in [1.29, 1.82) is 0 Å². The molecule has 4 N–H and O–H groups in total. The molecular formula is C14H12Cl3N3O. The number of urea groups is 1. The Morgan fingerprint density at radius 1 is 1.00 bits per heavy atom. The number of benzene rings is 2. The molecule has 0 fully saturated rings. The zero-order valence-corrected chi connectivity index (χ0v) is 13.3. The first-order valence-corrected chi connectivity index (χ1v) is 7.08. The van der Waals surface area contributed by atoms with Crippen LogP contribution < -0.4 is 16.4 Å². The minimum absolute atomic E-state index is 0.377. The van der Waals surface area contributed by atoms with Gasteiger partial charge in [-0.2, -0.15) is 0 Å². The van der Waals surface area contributed by atoms with Gasteiger partial charge in [0.1, 0.15) is 0 Å². The Hall–Kier alpha value is -1.62. The molecule has 0 heterocycles. The minimum Gasteiger partial charge on any atom is -0.398 e. The smallest absolute Gasteiger partial charge is 0.323 e. The molecule has 2 aromatic carbocycles. The molecule has 2 aromatic rings. The van der Waals surface area contributed by atoms with Crippen LogP contribution in [0.3, 0.4) is 0 Å². The Kier molecular flexibility index (Phi) is 4.83. The van der Waals surface area contributed by atoms with E-state index in [4.69, 9.17) is 40.5 Å². The first-order chi connectivity index (χ1) is 9.85. The predicted molar refractivity (Wildman–Crippen MR) is 89.7 cm³/mol. The third-order valence-corrected chi connectivity index (χ3v) is 3.48. The number of amides is 2. The van der Waals surface area contributed by atoms with Crippen LogP contribution in [-0.4, -0.2) is 6.03 Å². The van der Waals surface area contributed by atoms with E-state index in [2.05, 4.69) is 10.6 Å². The predicted octanol–water partition coefficient (Wildman–Crippen LogP) is 5.18. The van der Waals surface area contributed by atoms with Gasteiger partial charge in [-0.05, 0) is 42.8 Å². The maximum Gasteiger partial charge on any atom is 0.323 e. The summed E-state index contributed by atoms with van der Waals surface area (Å²) >= 11 is 17.7. The maximum atomic E-state index is 12.0. The Labute approximate surface area is 137 Å². The molecule has 0 aliphatic heterocycles. The van der Waals surface area contributed by atoms with Crippen molar-refractivity contribution in [2.75, 3.05) is 16.4 Å². The van der Waals surface area contributed by atoms with Crippen molar-refractivity contribution in [3.63, 3.8) is 0 Å². The number of hydrogen-bond acceptors (Lipinski definition) is 2. The highest BCUT2D eigenvalue weighted by Gasteiger charge is 2.08. The first-order valence-electron chi connectivity index (χ1n) is 5.95. The largest absolute Gasteiger partial charge is 0.398 e. The molecule has 0 radical (unpaired) electrons. The molecule has 2 amide bonds. The monoisotopic (exact) mass is 343 g/mol. The summed E-state index contributed by atoms with van der Waals surface area (Å²) in [6, 6.07) is 7.62. The summed E-state index contributed by atoms with van der Waals surface area (Å²) in [6.45, 7) is 1.82. The van der Waals surface area contributed by atoms with Crippen LogP contribution in [-0.2, 0) is 0 Å². The number of hydrogen-bond donors (Lipinski definition) is 3.